The Hall–Kier alpha value is -2.55. The van der Waals surface area contributed by atoms with Crippen molar-refractivity contribution in [2.24, 2.45) is 4.99 Å². The molecule has 0 spiro atoms. The van der Waals surface area contributed by atoms with Crippen molar-refractivity contribution in [3.8, 4) is 0 Å². The predicted octanol–water partition coefficient (Wildman–Crippen LogP) is 2.59. The largest absolute Gasteiger partial charge is 0.376 e. The normalized spacial score (nSPS) is 18.1. The number of aliphatic imine (C=N–C) groups is 1. The van der Waals surface area contributed by atoms with E-state index < -0.39 is 11.6 Å². The molecule has 158 valence electrons. The van der Waals surface area contributed by atoms with Crippen LogP contribution in [0.25, 0.3) is 0 Å². The summed E-state index contributed by atoms with van der Waals surface area (Å²) in [7, 11) is 0. The van der Waals surface area contributed by atoms with Gasteiger partial charge in [-0.25, -0.2) is 8.78 Å². The van der Waals surface area contributed by atoms with Gasteiger partial charge in [0.1, 0.15) is 23.8 Å². The average molecular weight is 406 g/mol. The second kappa shape index (κ2) is 10.3. The van der Waals surface area contributed by atoms with Gasteiger partial charge in [0.25, 0.3) is 0 Å². The summed E-state index contributed by atoms with van der Waals surface area (Å²) in [5.41, 5.74) is 0.380. The minimum Gasteiger partial charge on any atom is -0.376 e. The van der Waals surface area contributed by atoms with E-state index in [1.807, 2.05) is 18.4 Å². The molecular formula is C20H28F2N6O. The first-order valence-electron chi connectivity index (χ1n) is 10.0. The van der Waals surface area contributed by atoms with Gasteiger partial charge in [-0.05, 0) is 25.8 Å². The van der Waals surface area contributed by atoms with Gasteiger partial charge in [-0.15, -0.1) is 10.2 Å². The lowest BCUT2D eigenvalue weighted by atomic mass is 10.1. The number of ether oxygens (including phenoxy) is 1. The van der Waals surface area contributed by atoms with E-state index in [1.54, 1.807) is 6.33 Å². The Balaban J connectivity index is 1.64. The van der Waals surface area contributed by atoms with Gasteiger partial charge in [0.15, 0.2) is 5.96 Å². The van der Waals surface area contributed by atoms with Crippen molar-refractivity contribution in [3.63, 3.8) is 0 Å². The molecule has 0 amide bonds. The molecule has 0 aliphatic carbocycles. The molecule has 1 saturated heterocycles. The molecule has 2 unspecified atom stereocenters. The van der Waals surface area contributed by atoms with E-state index in [-0.39, 0.29) is 12.1 Å². The first kappa shape index (κ1) is 21.2. The van der Waals surface area contributed by atoms with Gasteiger partial charge in [-0.1, -0.05) is 13.0 Å². The number of aryl methyl sites for hydroxylation is 1. The number of benzene rings is 1. The van der Waals surface area contributed by atoms with E-state index in [4.69, 9.17) is 4.74 Å². The summed E-state index contributed by atoms with van der Waals surface area (Å²) in [6.07, 6.45) is 4.64. The first-order valence-corrected chi connectivity index (χ1v) is 10.0. The Kier molecular flexibility index (Phi) is 7.51. The van der Waals surface area contributed by atoms with Crippen molar-refractivity contribution in [2.45, 2.75) is 51.8 Å². The van der Waals surface area contributed by atoms with Gasteiger partial charge in [-0.3, -0.25) is 4.99 Å². The average Bonchev–Trinajstić information content (AvgIpc) is 3.37. The third kappa shape index (κ3) is 5.96. The molecule has 2 heterocycles. The summed E-state index contributed by atoms with van der Waals surface area (Å²) in [6.45, 7) is 6.41. The number of nitrogens with zero attached hydrogens (tertiary/aromatic N) is 4. The van der Waals surface area contributed by atoms with Crippen LogP contribution in [-0.2, 0) is 17.7 Å². The smallest absolute Gasteiger partial charge is 0.191 e. The van der Waals surface area contributed by atoms with Crippen LogP contribution in [0.2, 0.25) is 0 Å². The maximum Gasteiger partial charge on any atom is 0.191 e. The Morgan fingerprint density at radius 2 is 2.28 bits per heavy atom. The van der Waals surface area contributed by atoms with Crippen molar-refractivity contribution >= 4 is 5.96 Å². The molecule has 9 heteroatoms. The molecule has 1 aromatic heterocycles. The fraction of sp³-hybridized carbons (Fsp3) is 0.550. The van der Waals surface area contributed by atoms with Crippen molar-refractivity contribution in [3.05, 3.63) is 47.5 Å². The van der Waals surface area contributed by atoms with Gasteiger partial charge in [-0.2, -0.15) is 0 Å². The quantitative estimate of drug-likeness (QED) is 0.521. The van der Waals surface area contributed by atoms with E-state index >= 15 is 0 Å². The number of aromatic nitrogens is 3. The summed E-state index contributed by atoms with van der Waals surface area (Å²) in [5, 5.41) is 14.5. The zero-order valence-electron chi connectivity index (χ0n) is 16.9. The molecule has 3 rings (SSSR count). The Morgan fingerprint density at radius 1 is 1.41 bits per heavy atom. The lowest BCUT2D eigenvalue weighted by Crippen LogP contribution is -2.41. The van der Waals surface area contributed by atoms with E-state index in [1.165, 1.54) is 12.1 Å². The molecule has 29 heavy (non-hydrogen) atoms. The van der Waals surface area contributed by atoms with E-state index in [0.29, 0.717) is 31.2 Å². The molecule has 0 radical (unpaired) electrons. The minimum atomic E-state index is -0.593. The standard InChI is InChI=1S/C20H28F2N6O/c1-3-19-27-25-13-28(19)9-8-23-20(24-12-16-5-4-10-29-16)26-14(2)17-7-6-15(21)11-18(17)22/h6-7,11,13-14,16H,3-5,8-10,12H2,1-2H3,(H2,23,24,26). The molecular weight excluding hydrogens is 378 g/mol. The number of hydrogen-bond donors (Lipinski definition) is 2. The van der Waals surface area contributed by atoms with Crippen molar-refractivity contribution in [2.75, 3.05) is 19.7 Å². The number of hydrogen-bond acceptors (Lipinski definition) is 4. The second-order valence-corrected chi connectivity index (χ2v) is 7.08. The highest BCUT2D eigenvalue weighted by Gasteiger charge is 2.17. The van der Waals surface area contributed by atoms with Crippen LogP contribution in [0.15, 0.2) is 29.5 Å². The lowest BCUT2D eigenvalue weighted by Gasteiger charge is -2.20. The number of halogens is 2. The maximum atomic E-state index is 14.1. The van der Waals surface area contributed by atoms with Gasteiger partial charge in [0.2, 0.25) is 0 Å². The van der Waals surface area contributed by atoms with Gasteiger partial charge in [0.05, 0.1) is 18.7 Å². The van der Waals surface area contributed by atoms with Gasteiger partial charge < -0.3 is 19.9 Å². The molecule has 2 N–H and O–H groups in total. The number of rotatable bonds is 8. The molecule has 1 aliphatic rings. The summed E-state index contributed by atoms with van der Waals surface area (Å²) in [4.78, 5) is 4.61. The molecule has 2 aromatic rings. The molecule has 1 fully saturated rings. The lowest BCUT2D eigenvalue weighted by molar-refractivity contribution is 0.117. The third-order valence-corrected chi connectivity index (χ3v) is 4.92. The van der Waals surface area contributed by atoms with Crippen LogP contribution in [0.5, 0.6) is 0 Å². The van der Waals surface area contributed by atoms with Crippen molar-refractivity contribution in [1.82, 2.24) is 25.4 Å². The third-order valence-electron chi connectivity index (χ3n) is 4.92. The number of guanidine groups is 1. The highest BCUT2D eigenvalue weighted by molar-refractivity contribution is 5.80. The van der Waals surface area contributed by atoms with Crippen LogP contribution < -0.4 is 10.6 Å². The Labute approximate surface area is 169 Å². The van der Waals surface area contributed by atoms with Crippen molar-refractivity contribution in [1.29, 1.82) is 0 Å². The molecule has 0 saturated carbocycles. The van der Waals surface area contributed by atoms with Crippen LogP contribution in [-0.4, -0.2) is 46.5 Å². The Morgan fingerprint density at radius 3 is 3.00 bits per heavy atom. The fourth-order valence-corrected chi connectivity index (χ4v) is 3.30. The van der Waals surface area contributed by atoms with Crippen LogP contribution in [0.4, 0.5) is 8.78 Å². The first-order chi connectivity index (χ1) is 14.1. The van der Waals surface area contributed by atoms with E-state index in [2.05, 4.69) is 25.8 Å². The monoisotopic (exact) mass is 406 g/mol. The molecule has 7 nitrogen and oxygen atoms in total. The maximum absolute atomic E-state index is 14.1. The summed E-state index contributed by atoms with van der Waals surface area (Å²) >= 11 is 0. The van der Waals surface area contributed by atoms with Crippen molar-refractivity contribution < 1.29 is 13.5 Å². The summed E-state index contributed by atoms with van der Waals surface area (Å²) in [5.74, 6) is 0.298. The van der Waals surface area contributed by atoms with E-state index in [0.717, 1.165) is 37.8 Å². The number of nitrogens with one attached hydrogen (secondary N) is 2. The summed E-state index contributed by atoms with van der Waals surface area (Å²) < 4.78 is 34.9. The molecule has 0 bridgehead atoms. The van der Waals surface area contributed by atoms with Gasteiger partial charge >= 0.3 is 0 Å². The Bertz CT molecular complexity index is 819. The second-order valence-electron chi connectivity index (χ2n) is 7.08. The van der Waals surface area contributed by atoms with Crippen LogP contribution in [0.3, 0.4) is 0 Å². The zero-order chi connectivity index (χ0) is 20.6. The van der Waals surface area contributed by atoms with E-state index in [9.17, 15) is 8.78 Å². The highest BCUT2D eigenvalue weighted by Crippen LogP contribution is 2.18. The minimum absolute atomic E-state index is 0.107. The predicted molar refractivity (Wildman–Crippen MR) is 107 cm³/mol. The SMILES string of the molecule is CCc1nncn1CCNC(=NCC1CCCO1)NC(C)c1ccc(F)cc1F. The van der Waals surface area contributed by atoms with Crippen LogP contribution in [0, 0.1) is 11.6 Å². The highest BCUT2D eigenvalue weighted by atomic mass is 19.1. The van der Waals surface area contributed by atoms with Gasteiger partial charge in [0, 0.05) is 37.7 Å². The zero-order valence-corrected chi connectivity index (χ0v) is 16.9. The molecule has 1 aliphatic heterocycles. The van der Waals surface area contributed by atoms with Crippen LogP contribution >= 0.6 is 0 Å². The fourth-order valence-electron chi connectivity index (χ4n) is 3.30. The van der Waals surface area contributed by atoms with Crippen LogP contribution in [0.1, 0.15) is 44.1 Å². The molecule has 2 atom stereocenters. The topological polar surface area (TPSA) is 76.4 Å². The summed E-state index contributed by atoms with van der Waals surface area (Å²) in [6, 6.07) is 3.21. The molecule has 1 aromatic carbocycles.